The minimum atomic E-state index is -3.40. The minimum Gasteiger partial charge on any atom is -0.469 e. The summed E-state index contributed by atoms with van der Waals surface area (Å²) in [7, 11) is 1.60. The predicted octanol–water partition coefficient (Wildman–Crippen LogP) is 2.16. The van der Waals surface area contributed by atoms with Crippen LogP contribution in [0.2, 0.25) is 0 Å². The lowest BCUT2D eigenvalue weighted by molar-refractivity contribution is -0.146. The van der Waals surface area contributed by atoms with Crippen LogP contribution in [0.1, 0.15) is 12.8 Å². The lowest BCUT2D eigenvalue weighted by Gasteiger charge is -2.22. The molecule has 0 saturated heterocycles. The van der Waals surface area contributed by atoms with Crippen molar-refractivity contribution in [1.82, 2.24) is 0 Å². The molecule has 0 aliphatic rings. The molecule has 0 aliphatic heterocycles. The summed E-state index contributed by atoms with van der Waals surface area (Å²) in [6.45, 7) is 0. The number of methoxy groups -OCH3 is 3. The standard InChI is InChI=1S/C17H24NO8P/c1-23-15(19)10-5-12(16(20)24-2)11-27(22,26-4)14-8-6-13(7-9-14)18-17(21)25-3/h6-9,12H,5,10-11H2,1-4H3,(H,18,21). The maximum absolute atomic E-state index is 13.3. The van der Waals surface area contributed by atoms with Gasteiger partial charge in [0.2, 0.25) is 7.37 Å². The molecule has 1 rings (SSSR count). The van der Waals surface area contributed by atoms with Gasteiger partial charge in [0, 0.05) is 30.7 Å². The summed E-state index contributed by atoms with van der Waals surface area (Å²) in [6.07, 6.45) is -0.653. The van der Waals surface area contributed by atoms with Crippen LogP contribution in [0.3, 0.4) is 0 Å². The largest absolute Gasteiger partial charge is 0.469 e. The van der Waals surface area contributed by atoms with E-state index in [1.165, 1.54) is 40.6 Å². The van der Waals surface area contributed by atoms with Gasteiger partial charge in [-0.2, -0.15) is 0 Å². The second-order valence-corrected chi connectivity index (χ2v) is 8.13. The highest BCUT2D eigenvalue weighted by Gasteiger charge is 2.33. The fourth-order valence-corrected chi connectivity index (χ4v) is 4.45. The molecule has 0 aliphatic carbocycles. The van der Waals surface area contributed by atoms with E-state index in [1.807, 2.05) is 0 Å². The summed E-state index contributed by atoms with van der Waals surface area (Å²) in [4.78, 5) is 34.6. The summed E-state index contributed by atoms with van der Waals surface area (Å²) in [5.74, 6) is -1.86. The van der Waals surface area contributed by atoms with Gasteiger partial charge < -0.3 is 18.7 Å². The molecule has 0 saturated carbocycles. The zero-order valence-corrected chi connectivity index (χ0v) is 16.6. The van der Waals surface area contributed by atoms with Gasteiger partial charge in [0.15, 0.2) is 0 Å². The predicted molar refractivity (Wildman–Crippen MR) is 98.3 cm³/mol. The van der Waals surface area contributed by atoms with E-state index in [1.54, 1.807) is 12.1 Å². The van der Waals surface area contributed by atoms with Crippen molar-refractivity contribution in [3.8, 4) is 0 Å². The first-order valence-corrected chi connectivity index (χ1v) is 9.85. The average Bonchev–Trinajstić information content (AvgIpc) is 2.70. The molecule has 150 valence electrons. The van der Waals surface area contributed by atoms with Gasteiger partial charge in [-0.3, -0.25) is 19.5 Å². The van der Waals surface area contributed by atoms with E-state index in [2.05, 4.69) is 14.8 Å². The number of carbonyl (C=O) groups excluding carboxylic acids is 3. The lowest BCUT2D eigenvalue weighted by atomic mass is 10.1. The Labute approximate surface area is 157 Å². The van der Waals surface area contributed by atoms with Crippen LogP contribution < -0.4 is 10.6 Å². The minimum absolute atomic E-state index is 0.0119. The number of rotatable bonds is 9. The van der Waals surface area contributed by atoms with Crippen molar-refractivity contribution >= 4 is 36.4 Å². The molecule has 2 unspecified atom stereocenters. The summed E-state index contributed by atoms with van der Waals surface area (Å²) < 4.78 is 32.3. The highest BCUT2D eigenvalue weighted by molar-refractivity contribution is 7.67. The van der Waals surface area contributed by atoms with Gasteiger partial charge in [0.1, 0.15) is 0 Å². The number of benzene rings is 1. The van der Waals surface area contributed by atoms with Crippen molar-refractivity contribution in [1.29, 1.82) is 0 Å². The van der Waals surface area contributed by atoms with Crippen LogP contribution >= 0.6 is 7.37 Å². The lowest BCUT2D eigenvalue weighted by Crippen LogP contribution is -2.24. The van der Waals surface area contributed by atoms with Crippen molar-refractivity contribution < 1.29 is 37.7 Å². The van der Waals surface area contributed by atoms with Crippen molar-refractivity contribution in [2.45, 2.75) is 12.8 Å². The van der Waals surface area contributed by atoms with Crippen LogP contribution in [0.25, 0.3) is 0 Å². The van der Waals surface area contributed by atoms with E-state index < -0.39 is 31.3 Å². The first-order chi connectivity index (χ1) is 12.8. The summed E-state index contributed by atoms with van der Waals surface area (Å²) in [6, 6.07) is 6.15. The highest BCUT2D eigenvalue weighted by Crippen LogP contribution is 2.47. The Morgan fingerprint density at radius 1 is 1.00 bits per heavy atom. The van der Waals surface area contributed by atoms with Gasteiger partial charge in [0.05, 0.1) is 27.2 Å². The number of carbonyl (C=O) groups is 3. The van der Waals surface area contributed by atoms with Gasteiger partial charge in [-0.05, 0) is 30.7 Å². The molecule has 0 radical (unpaired) electrons. The number of anilines is 1. The molecule has 2 atom stereocenters. The molecule has 0 fully saturated rings. The number of hydrogen-bond acceptors (Lipinski definition) is 8. The molecule has 0 aromatic heterocycles. The molecule has 27 heavy (non-hydrogen) atoms. The van der Waals surface area contributed by atoms with Gasteiger partial charge >= 0.3 is 18.0 Å². The summed E-state index contributed by atoms with van der Waals surface area (Å²) in [5, 5.41) is 2.85. The zero-order chi connectivity index (χ0) is 20.4. The Bertz CT molecular complexity index is 703. The molecule has 0 bridgehead atoms. The molecule has 1 amide bonds. The van der Waals surface area contributed by atoms with E-state index >= 15 is 0 Å². The Kier molecular flexibility index (Phi) is 8.97. The van der Waals surface area contributed by atoms with E-state index in [9.17, 15) is 18.9 Å². The Morgan fingerprint density at radius 2 is 1.63 bits per heavy atom. The zero-order valence-electron chi connectivity index (χ0n) is 15.7. The van der Waals surface area contributed by atoms with Crippen LogP contribution in [-0.4, -0.2) is 52.6 Å². The fourth-order valence-electron chi connectivity index (χ4n) is 2.36. The quantitative estimate of drug-likeness (QED) is 0.380. The monoisotopic (exact) mass is 401 g/mol. The van der Waals surface area contributed by atoms with Crippen LogP contribution in [0.4, 0.5) is 10.5 Å². The SMILES string of the molecule is COC(=O)CCC(CP(=O)(OC)c1ccc(NC(=O)OC)cc1)C(=O)OC. The van der Waals surface area contributed by atoms with Gasteiger partial charge in [-0.1, -0.05) is 0 Å². The van der Waals surface area contributed by atoms with Crippen molar-refractivity contribution in [2.24, 2.45) is 5.92 Å². The van der Waals surface area contributed by atoms with Crippen molar-refractivity contribution in [3.05, 3.63) is 24.3 Å². The third kappa shape index (κ3) is 6.69. The molecule has 0 spiro atoms. The molecular weight excluding hydrogens is 377 g/mol. The second kappa shape index (κ2) is 10.7. The topological polar surface area (TPSA) is 117 Å². The second-order valence-electron chi connectivity index (χ2n) is 5.54. The van der Waals surface area contributed by atoms with Crippen LogP contribution in [0.15, 0.2) is 24.3 Å². The highest BCUT2D eigenvalue weighted by atomic mass is 31.2. The van der Waals surface area contributed by atoms with Gasteiger partial charge in [-0.25, -0.2) is 4.79 Å². The maximum atomic E-state index is 13.3. The van der Waals surface area contributed by atoms with E-state index in [0.717, 1.165) is 0 Å². The average molecular weight is 401 g/mol. The van der Waals surface area contributed by atoms with E-state index in [0.29, 0.717) is 11.0 Å². The molecular formula is C17H24NO8P. The normalized spacial score (nSPS) is 13.8. The number of esters is 2. The van der Waals surface area contributed by atoms with Gasteiger partial charge in [0.25, 0.3) is 0 Å². The fraction of sp³-hybridized carbons (Fsp3) is 0.471. The van der Waals surface area contributed by atoms with E-state index in [-0.39, 0.29) is 19.0 Å². The van der Waals surface area contributed by atoms with Crippen molar-refractivity contribution in [2.75, 3.05) is 39.9 Å². The molecule has 10 heteroatoms. The Hall–Kier alpha value is -2.38. The van der Waals surface area contributed by atoms with Crippen LogP contribution in [-0.2, 0) is 32.9 Å². The number of ether oxygens (including phenoxy) is 3. The first-order valence-electron chi connectivity index (χ1n) is 8.04. The third-order valence-electron chi connectivity index (χ3n) is 3.91. The molecule has 1 N–H and O–H groups in total. The third-order valence-corrected chi connectivity index (χ3v) is 6.50. The Morgan fingerprint density at radius 3 is 2.11 bits per heavy atom. The molecule has 1 aromatic carbocycles. The van der Waals surface area contributed by atoms with Crippen LogP contribution in [0.5, 0.6) is 0 Å². The van der Waals surface area contributed by atoms with Crippen molar-refractivity contribution in [3.63, 3.8) is 0 Å². The number of hydrogen-bond donors (Lipinski definition) is 1. The number of nitrogens with one attached hydrogen (secondary N) is 1. The Balaban J connectivity index is 2.99. The van der Waals surface area contributed by atoms with Crippen LogP contribution in [0, 0.1) is 5.92 Å². The van der Waals surface area contributed by atoms with Gasteiger partial charge in [-0.15, -0.1) is 0 Å². The molecule has 9 nitrogen and oxygen atoms in total. The summed E-state index contributed by atoms with van der Waals surface area (Å²) >= 11 is 0. The maximum Gasteiger partial charge on any atom is 0.411 e. The molecule has 1 aromatic rings. The molecule has 0 heterocycles. The summed E-state index contributed by atoms with van der Waals surface area (Å²) in [5.41, 5.74) is 0.448. The number of amides is 1. The van der Waals surface area contributed by atoms with E-state index in [4.69, 9.17) is 9.26 Å². The first kappa shape index (κ1) is 22.7. The smallest absolute Gasteiger partial charge is 0.411 e.